The first-order valence-electron chi connectivity index (χ1n) is 4.01. The summed E-state index contributed by atoms with van der Waals surface area (Å²) in [5, 5.41) is 11.6. The first-order valence-corrected chi connectivity index (χ1v) is 4.01. The minimum atomic E-state index is -0.946. The molecule has 1 saturated heterocycles. The maximum absolute atomic E-state index is 13.2. The van der Waals surface area contributed by atoms with Crippen molar-refractivity contribution in [2.75, 3.05) is 13.1 Å². The van der Waals surface area contributed by atoms with Crippen LogP contribution < -0.4 is 5.32 Å². The van der Waals surface area contributed by atoms with Gasteiger partial charge in [-0.1, -0.05) is 13.3 Å². The molecule has 1 aliphatic heterocycles. The predicted molar refractivity (Wildman–Crippen MR) is 40.7 cm³/mol. The second kappa shape index (κ2) is 3.19. The van der Waals surface area contributed by atoms with E-state index in [2.05, 4.69) is 11.4 Å². The molecule has 1 heterocycles. The summed E-state index contributed by atoms with van der Waals surface area (Å²) < 4.78 is 13.2. The monoisotopic (exact) mass is 156 g/mol. The molecule has 1 aliphatic rings. The first-order chi connectivity index (χ1) is 5.25. The van der Waals surface area contributed by atoms with Crippen LogP contribution in [0.25, 0.3) is 0 Å². The van der Waals surface area contributed by atoms with E-state index >= 15 is 0 Å². The van der Waals surface area contributed by atoms with Crippen molar-refractivity contribution >= 4 is 0 Å². The van der Waals surface area contributed by atoms with Crippen molar-refractivity contribution in [2.45, 2.75) is 25.9 Å². The van der Waals surface area contributed by atoms with E-state index in [9.17, 15) is 4.39 Å². The lowest BCUT2D eigenvalue weighted by atomic mass is 9.77. The van der Waals surface area contributed by atoms with Crippen LogP contribution in [0.5, 0.6) is 0 Å². The Balaban J connectivity index is 2.49. The van der Waals surface area contributed by atoms with E-state index < -0.39 is 11.6 Å². The highest BCUT2D eigenvalue weighted by Crippen LogP contribution is 2.31. The van der Waals surface area contributed by atoms with Gasteiger partial charge in [0.2, 0.25) is 0 Å². The first kappa shape index (κ1) is 8.48. The van der Waals surface area contributed by atoms with Gasteiger partial charge in [-0.25, -0.2) is 4.39 Å². The van der Waals surface area contributed by atoms with E-state index in [1.807, 2.05) is 6.92 Å². The molecule has 0 aliphatic carbocycles. The molecule has 1 N–H and O–H groups in total. The van der Waals surface area contributed by atoms with Crippen LogP contribution in [-0.4, -0.2) is 19.3 Å². The summed E-state index contributed by atoms with van der Waals surface area (Å²) in [5.74, 6) is 0. The Hall–Kier alpha value is -0.620. The van der Waals surface area contributed by atoms with Crippen molar-refractivity contribution in [3.8, 4) is 6.07 Å². The molecule has 1 rings (SSSR count). The number of rotatable bonds is 3. The average Bonchev–Trinajstić information content (AvgIpc) is 1.87. The minimum Gasteiger partial charge on any atom is -0.313 e. The van der Waals surface area contributed by atoms with Crippen LogP contribution in [0.3, 0.4) is 0 Å². The molecule has 0 aromatic carbocycles. The second-order valence-electron chi connectivity index (χ2n) is 3.13. The van der Waals surface area contributed by atoms with Crippen molar-refractivity contribution in [3.05, 3.63) is 0 Å². The number of nitrogens with zero attached hydrogens (tertiary/aromatic N) is 1. The molecule has 0 bridgehead atoms. The Kier molecular flexibility index (Phi) is 2.45. The molecule has 0 radical (unpaired) electrons. The quantitative estimate of drug-likeness (QED) is 0.667. The van der Waals surface area contributed by atoms with E-state index in [4.69, 9.17) is 5.26 Å². The van der Waals surface area contributed by atoms with Gasteiger partial charge >= 0.3 is 0 Å². The molecule has 3 heteroatoms. The van der Waals surface area contributed by atoms with Gasteiger partial charge in [0.1, 0.15) is 11.6 Å². The van der Waals surface area contributed by atoms with Crippen molar-refractivity contribution in [2.24, 2.45) is 5.41 Å². The smallest absolute Gasteiger partial charge is 0.121 e. The third kappa shape index (κ3) is 1.36. The summed E-state index contributed by atoms with van der Waals surface area (Å²) in [6, 6.07) is 2.06. The predicted octanol–water partition coefficient (Wildman–Crippen LogP) is 1.24. The van der Waals surface area contributed by atoms with Gasteiger partial charge in [-0.05, 0) is 6.42 Å². The van der Waals surface area contributed by atoms with E-state index in [0.29, 0.717) is 19.5 Å². The molecule has 62 valence electrons. The van der Waals surface area contributed by atoms with Crippen molar-refractivity contribution in [1.82, 2.24) is 5.32 Å². The number of halogens is 1. The Morgan fingerprint density at radius 3 is 2.64 bits per heavy atom. The zero-order valence-corrected chi connectivity index (χ0v) is 6.73. The van der Waals surface area contributed by atoms with Gasteiger partial charge in [0.15, 0.2) is 0 Å². The van der Waals surface area contributed by atoms with Crippen LogP contribution in [0.2, 0.25) is 0 Å². The van der Waals surface area contributed by atoms with Crippen LogP contribution >= 0.6 is 0 Å². The minimum absolute atomic E-state index is 0.509. The number of alkyl halides is 1. The fraction of sp³-hybridized carbons (Fsp3) is 0.875. The highest BCUT2D eigenvalue weighted by Gasteiger charge is 2.44. The van der Waals surface area contributed by atoms with Gasteiger partial charge in [0, 0.05) is 13.1 Å². The zero-order valence-electron chi connectivity index (χ0n) is 6.73. The molecule has 0 amide bonds. The van der Waals surface area contributed by atoms with Gasteiger partial charge in [0.25, 0.3) is 0 Å². The summed E-state index contributed by atoms with van der Waals surface area (Å²) in [4.78, 5) is 0. The second-order valence-corrected chi connectivity index (χ2v) is 3.13. The third-order valence-electron chi connectivity index (χ3n) is 2.25. The highest BCUT2D eigenvalue weighted by molar-refractivity contribution is 5.12. The lowest BCUT2D eigenvalue weighted by molar-refractivity contribution is 0.0938. The summed E-state index contributed by atoms with van der Waals surface area (Å²) in [6.07, 6.45) is 0.374. The maximum Gasteiger partial charge on any atom is 0.121 e. The zero-order chi connectivity index (χ0) is 8.32. The van der Waals surface area contributed by atoms with Crippen LogP contribution in [0.1, 0.15) is 19.8 Å². The maximum atomic E-state index is 13.2. The highest BCUT2D eigenvalue weighted by atomic mass is 19.1. The normalized spacial score (nSPS) is 23.4. The van der Waals surface area contributed by atoms with E-state index in [-0.39, 0.29) is 0 Å². The van der Waals surface area contributed by atoms with Gasteiger partial charge < -0.3 is 5.32 Å². The van der Waals surface area contributed by atoms with Crippen LogP contribution in [0, 0.1) is 16.7 Å². The van der Waals surface area contributed by atoms with Crippen molar-refractivity contribution in [3.63, 3.8) is 0 Å². The lowest BCUT2D eigenvalue weighted by Crippen LogP contribution is -2.57. The largest absolute Gasteiger partial charge is 0.313 e. The van der Waals surface area contributed by atoms with Crippen molar-refractivity contribution < 1.29 is 4.39 Å². The Morgan fingerprint density at radius 2 is 2.36 bits per heavy atom. The van der Waals surface area contributed by atoms with Gasteiger partial charge in [-0.15, -0.1) is 0 Å². The topological polar surface area (TPSA) is 35.8 Å². The fourth-order valence-corrected chi connectivity index (χ4v) is 1.29. The molecular weight excluding hydrogens is 143 g/mol. The number of hydrogen-bond donors (Lipinski definition) is 1. The molecule has 0 saturated carbocycles. The Labute approximate surface area is 66.4 Å². The summed E-state index contributed by atoms with van der Waals surface area (Å²) in [6.45, 7) is 2.97. The molecule has 2 nitrogen and oxygen atoms in total. The Bertz CT molecular complexity index is 169. The standard InChI is InChI=1S/C8H13FN2/c1-2-3-7(9)8(4-10)5-11-6-8/h7,11H,2-3,5-6H2,1H3. The van der Waals surface area contributed by atoms with E-state index in [1.54, 1.807) is 0 Å². The van der Waals surface area contributed by atoms with Gasteiger partial charge in [-0.2, -0.15) is 5.26 Å². The number of hydrogen-bond acceptors (Lipinski definition) is 2. The molecular formula is C8H13FN2. The van der Waals surface area contributed by atoms with Crippen LogP contribution in [0.15, 0.2) is 0 Å². The van der Waals surface area contributed by atoms with Gasteiger partial charge in [-0.3, -0.25) is 0 Å². The number of nitriles is 1. The Morgan fingerprint density at radius 1 is 1.73 bits per heavy atom. The molecule has 11 heavy (non-hydrogen) atoms. The summed E-state index contributed by atoms with van der Waals surface area (Å²) in [5.41, 5.74) is -0.698. The summed E-state index contributed by atoms with van der Waals surface area (Å²) >= 11 is 0. The van der Waals surface area contributed by atoms with E-state index in [1.165, 1.54) is 0 Å². The van der Waals surface area contributed by atoms with Crippen LogP contribution in [0.4, 0.5) is 4.39 Å². The fourth-order valence-electron chi connectivity index (χ4n) is 1.29. The molecule has 0 aromatic heterocycles. The molecule has 1 unspecified atom stereocenters. The molecule has 0 aromatic rings. The molecule has 1 atom stereocenters. The SMILES string of the molecule is CCCC(F)C1(C#N)CNC1. The van der Waals surface area contributed by atoms with E-state index in [0.717, 1.165) is 6.42 Å². The average molecular weight is 156 g/mol. The lowest BCUT2D eigenvalue weighted by Gasteiger charge is -2.38. The molecule has 0 spiro atoms. The third-order valence-corrected chi connectivity index (χ3v) is 2.25. The van der Waals surface area contributed by atoms with Gasteiger partial charge in [0.05, 0.1) is 6.07 Å². The van der Waals surface area contributed by atoms with Crippen LogP contribution in [-0.2, 0) is 0 Å². The molecule has 1 fully saturated rings. The number of nitrogens with one attached hydrogen (secondary N) is 1. The summed E-state index contributed by atoms with van der Waals surface area (Å²) in [7, 11) is 0. The van der Waals surface area contributed by atoms with Crippen molar-refractivity contribution in [1.29, 1.82) is 5.26 Å².